The Morgan fingerprint density at radius 1 is 1.07 bits per heavy atom. The molecule has 44 heavy (non-hydrogen) atoms. The minimum absolute atomic E-state index is 0.0618. The Morgan fingerprint density at radius 2 is 1.93 bits per heavy atom. The number of nitrogens with one attached hydrogen (secondary N) is 3. The van der Waals surface area contributed by atoms with Gasteiger partial charge in [-0.15, -0.1) is 0 Å². The van der Waals surface area contributed by atoms with Gasteiger partial charge in [-0.25, -0.2) is 9.78 Å². The van der Waals surface area contributed by atoms with E-state index in [1.807, 2.05) is 24.3 Å². The number of fused-ring (bicyclic) bond motifs is 2. The number of carbonyl (C=O) groups excluding carboxylic acids is 2. The number of morpholine rings is 1. The van der Waals surface area contributed by atoms with Crippen LogP contribution in [-0.2, 0) is 20.8 Å². The molecular formula is C31H38N6O7. The SMILES string of the molecule is O=C1COc2ccc(NC(=O)OC3CCCC(NCCn4c(=O)ccc5ccc(OCCN6CCOCC6)cc54)C3)nc2N1. The summed E-state index contributed by atoms with van der Waals surface area (Å²) in [6, 6.07) is 12.7. The highest BCUT2D eigenvalue weighted by Crippen LogP contribution is 2.27. The van der Waals surface area contributed by atoms with Gasteiger partial charge < -0.3 is 34.1 Å². The van der Waals surface area contributed by atoms with Gasteiger partial charge in [-0.2, -0.15) is 0 Å². The van der Waals surface area contributed by atoms with E-state index in [0.717, 1.165) is 68.8 Å². The second-order valence-electron chi connectivity index (χ2n) is 11.2. The van der Waals surface area contributed by atoms with Gasteiger partial charge in [0.2, 0.25) is 0 Å². The molecule has 2 amide bonds. The molecule has 4 heterocycles. The Labute approximate surface area is 254 Å². The van der Waals surface area contributed by atoms with Crippen molar-refractivity contribution in [2.24, 2.45) is 0 Å². The Kier molecular flexibility index (Phi) is 9.54. The molecular weight excluding hydrogens is 568 g/mol. The van der Waals surface area contributed by atoms with E-state index in [2.05, 4.69) is 25.8 Å². The summed E-state index contributed by atoms with van der Waals surface area (Å²) in [7, 11) is 0. The lowest BCUT2D eigenvalue weighted by molar-refractivity contribution is -0.118. The molecule has 3 aliphatic rings. The van der Waals surface area contributed by atoms with Crippen LogP contribution < -0.4 is 31.0 Å². The molecule has 13 nitrogen and oxygen atoms in total. The van der Waals surface area contributed by atoms with Crippen molar-refractivity contribution in [2.75, 3.05) is 63.2 Å². The summed E-state index contributed by atoms with van der Waals surface area (Å²) in [6.07, 6.45) is 2.45. The molecule has 2 fully saturated rings. The summed E-state index contributed by atoms with van der Waals surface area (Å²) >= 11 is 0. The number of benzene rings is 1. The number of pyridine rings is 2. The number of anilines is 2. The molecule has 2 unspecified atom stereocenters. The van der Waals surface area contributed by atoms with Crippen molar-refractivity contribution in [3.63, 3.8) is 0 Å². The predicted molar refractivity (Wildman–Crippen MR) is 163 cm³/mol. The molecule has 6 rings (SSSR count). The molecule has 234 valence electrons. The highest BCUT2D eigenvalue weighted by atomic mass is 16.6. The highest BCUT2D eigenvalue weighted by Gasteiger charge is 2.25. The van der Waals surface area contributed by atoms with Crippen molar-refractivity contribution in [3.8, 4) is 11.5 Å². The first-order chi connectivity index (χ1) is 21.5. The lowest BCUT2D eigenvalue weighted by atomic mass is 9.93. The number of carbonyl (C=O) groups is 2. The first-order valence-electron chi connectivity index (χ1n) is 15.2. The second-order valence-corrected chi connectivity index (χ2v) is 11.2. The summed E-state index contributed by atoms with van der Waals surface area (Å²) in [5.74, 6) is 1.41. The topological polar surface area (TPSA) is 145 Å². The van der Waals surface area contributed by atoms with Gasteiger partial charge in [0.15, 0.2) is 18.2 Å². The summed E-state index contributed by atoms with van der Waals surface area (Å²) in [6.45, 7) is 5.78. The van der Waals surface area contributed by atoms with E-state index in [4.69, 9.17) is 18.9 Å². The van der Waals surface area contributed by atoms with Crippen LogP contribution in [0.1, 0.15) is 25.7 Å². The van der Waals surface area contributed by atoms with E-state index in [1.54, 1.807) is 22.8 Å². The Morgan fingerprint density at radius 3 is 2.82 bits per heavy atom. The molecule has 1 saturated heterocycles. The van der Waals surface area contributed by atoms with Crippen molar-refractivity contribution in [1.82, 2.24) is 19.8 Å². The van der Waals surface area contributed by atoms with E-state index in [-0.39, 0.29) is 41.9 Å². The van der Waals surface area contributed by atoms with Crippen LogP contribution in [0, 0.1) is 0 Å². The maximum atomic E-state index is 12.8. The number of rotatable bonds is 10. The fourth-order valence-electron chi connectivity index (χ4n) is 5.84. The molecule has 2 aromatic heterocycles. The summed E-state index contributed by atoms with van der Waals surface area (Å²) in [4.78, 5) is 43.5. The number of aromatic nitrogens is 2. The van der Waals surface area contributed by atoms with Gasteiger partial charge in [0, 0.05) is 50.9 Å². The number of amides is 2. The molecule has 0 radical (unpaired) electrons. The van der Waals surface area contributed by atoms with E-state index in [0.29, 0.717) is 31.9 Å². The van der Waals surface area contributed by atoms with Crippen LogP contribution in [0.25, 0.3) is 10.9 Å². The first-order valence-corrected chi connectivity index (χ1v) is 15.2. The van der Waals surface area contributed by atoms with Crippen LogP contribution in [0.3, 0.4) is 0 Å². The zero-order valence-electron chi connectivity index (χ0n) is 24.6. The average Bonchev–Trinajstić information content (AvgIpc) is 3.02. The molecule has 2 atom stereocenters. The summed E-state index contributed by atoms with van der Waals surface area (Å²) in [5.41, 5.74) is 0.778. The zero-order valence-corrected chi connectivity index (χ0v) is 24.6. The number of nitrogens with zero attached hydrogens (tertiary/aromatic N) is 3. The number of ether oxygens (including phenoxy) is 4. The average molecular weight is 607 g/mol. The monoisotopic (exact) mass is 606 g/mol. The Bertz CT molecular complexity index is 1540. The smallest absolute Gasteiger partial charge is 0.413 e. The molecule has 3 aromatic rings. The Hall–Kier alpha value is -4.20. The highest BCUT2D eigenvalue weighted by molar-refractivity contribution is 5.94. The molecule has 1 saturated carbocycles. The van der Waals surface area contributed by atoms with Gasteiger partial charge >= 0.3 is 6.09 Å². The van der Waals surface area contributed by atoms with Crippen LogP contribution in [0.2, 0.25) is 0 Å². The second kappa shape index (κ2) is 14.1. The molecule has 0 bridgehead atoms. The molecule has 1 aliphatic carbocycles. The third-order valence-electron chi connectivity index (χ3n) is 8.12. The van der Waals surface area contributed by atoms with Crippen LogP contribution in [0.15, 0.2) is 47.3 Å². The Balaban J connectivity index is 0.991. The number of hydrogen-bond donors (Lipinski definition) is 3. The van der Waals surface area contributed by atoms with Crippen LogP contribution in [0.4, 0.5) is 16.4 Å². The van der Waals surface area contributed by atoms with Gasteiger partial charge in [-0.1, -0.05) is 0 Å². The molecule has 3 N–H and O–H groups in total. The van der Waals surface area contributed by atoms with Gasteiger partial charge in [0.25, 0.3) is 11.5 Å². The third kappa shape index (κ3) is 7.65. The van der Waals surface area contributed by atoms with E-state index < -0.39 is 6.09 Å². The van der Waals surface area contributed by atoms with E-state index in [1.165, 1.54) is 0 Å². The number of hydrogen-bond acceptors (Lipinski definition) is 10. The normalized spacial score (nSPS) is 20.3. The minimum Gasteiger partial charge on any atom is -0.492 e. The quantitative estimate of drug-likeness (QED) is 0.315. The van der Waals surface area contributed by atoms with Crippen molar-refractivity contribution in [3.05, 3.63) is 52.8 Å². The largest absolute Gasteiger partial charge is 0.492 e. The maximum absolute atomic E-state index is 12.8. The van der Waals surface area contributed by atoms with Crippen LogP contribution in [0.5, 0.6) is 11.5 Å². The maximum Gasteiger partial charge on any atom is 0.413 e. The zero-order chi connectivity index (χ0) is 30.3. The molecule has 1 aromatic carbocycles. The summed E-state index contributed by atoms with van der Waals surface area (Å²) in [5, 5.41) is 9.79. The van der Waals surface area contributed by atoms with E-state index >= 15 is 0 Å². The van der Waals surface area contributed by atoms with Gasteiger partial charge in [0.1, 0.15) is 24.3 Å². The fourth-order valence-corrected chi connectivity index (χ4v) is 5.84. The lowest BCUT2D eigenvalue weighted by Gasteiger charge is -2.29. The van der Waals surface area contributed by atoms with Gasteiger partial charge in [0.05, 0.1) is 18.7 Å². The van der Waals surface area contributed by atoms with Crippen molar-refractivity contribution < 1.29 is 28.5 Å². The van der Waals surface area contributed by atoms with Crippen molar-refractivity contribution in [2.45, 2.75) is 44.4 Å². The van der Waals surface area contributed by atoms with Gasteiger partial charge in [-0.05, 0) is 61.4 Å². The lowest BCUT2D eigenvalue weighted by Crippen LogP contribution is -2.40. The summed E-state index contributed by atoms with van der Waals surface area (Å²) < 4.78 is 24.2. The molecule has 13 heteroatoms. The van der Waals surface area contributed by atoms with Crippen molar-refractivity contribution >= 4 is 34.5 Å². The van der Waals surface area contributed by atoms with Crippen LogP contribution in [-0.4, -0.2) is 91.2 Å². The van der Waals surface area contributed by atoms with Crippen molar-refractivity contribution in [1.29, 1.82) is 0 Å². The fraction of sp³-hybridized carbons (Fsp3) is 0.484. The standard InChI is InChI=1S/C31H38N6O7/c38-28-20-43-26-7-8-27(33-30(26)35-28)34-31(40)44-24-3-1-2-22(18-24)32-10-11-37-25-19-23(6-4-21(25)5-9-29(37)39)42-17-14-36-12-15-41-16-13-36/h4-9,19,22,24,32H,1-3,10-18,20H2,(H2,33,34,35,38,40). The van der Waals surface area contributed by atoms with Gasteiger partial charge in [-0.3, -0.25) is 19.8 Å². The third-order valence-corrected chi connectivity index (χ3v) is 8.12. The molecule has 0 spiro atoms. The van der Waals surface area contributed by atoms with Crippen LogP contribution >= 0.6 is 0 Å². The minimum atomic E-state index is -0.601. The van der Waals surface area contributed by atoms with E-state index in [9.17, 15) is 14.4 Å². The first kappa shape index (κ1) is 29.9. The predicted octanol–water partition coefficient (Wildman–Crippen LogP) is 2.59. The molecule has 2 aliphatic heterocycles.